The van der Waals surface area contributed by atoms with Gasteiger partial charge in [-0.1, -0.05) is 10.2 Å². The quantitative estimate of drug-likeness (QED) is 0.472. The minimum Gasteiger partial charge on any atom is -0.349 e. The normalized spacial score (nSPS) is 20.3. The van der Waals surface area contributed by atoms with Gasteiger partial charge < -0.3 is 5.32 Å². The van der Waals surface area contributed by atoms with E-state index in [1.165, 1.54) is 12.1 Å². The van der Waals surface area contributed by atoms with Crippen molar-refractivity contribution in [2.45, 2.75) is 44.0 Å². The van der Waals surface area contributed by atoms with Gasteiger partial charge in [0, 0.05) is 27.1 Å². The largest absolute Gasteiger partial charge is 0.349 e. The van der Waals surface area contributed by atoms with E-state index in [2.05, 4.69) is 25.4 Å². The van der Waals surface area contributed by atoms with Gasteiger partial charge in [-0.25, -0.2) is 8.42 Å². The van der Waals surface area contributed by atoms with Crippen LogP contribution in [0.1, 0.15) is 42.6 Å². The van der Waals surface area contributed by atoms with E-state index in [1.807, 2.05) is 0 Å². The van der Waals surface area contributed by atoms with Crippen LogP contribution >= 0.6 is 0 Å². The smallest absolute Gasteiger partial charge is 0.251 e. The van der Waals surface area contributed by atoms with Crippen LogP contribution in [0.2, 0.25) is 0 Å². The summed E-state index contributed by atoms with van der Waals surface area (Å²) in [4.78, 5) is 17.9. The number of rotatable bonds is 5. The molecule has 138 valence electrons. The molecule has 1 aliphatic rings. The summed E-state index contributed by atoms with van der Waals surface area (Å²) in [6, 6.07) is 4.23. The fraction of sp³-hybridized carbons (Fsp3) is 0.533. The standard InChI is InChI=1S/C15H19N7O3S/c1-15(2)8-12(3-4-26(15,24)25)19-14(23)11-5-10(9-18-21-16)6-13(7-11)20-22-17/h5-7,12H,3-4,8-9H2,1-2H3,(H,19,23). The Labute approximate surface area is 150 Å². The number of sulfone groups is 1. The molecule has 1 fully saturated rings. The van der Waals surface area contributed by atoms with Crippen LogP contribution in [0.15, 0.2) is 28.4 Å². The van der Waals surface area contributed by atoms with Gasteiger partial charge in [0.15, 0.2) is 9.84 Å². The molecule has 0 aliphatic carbocycles. The zero-order chi connectivity index (χ0) is 19.4. The maximum atomic E-state index is 12.6. The Morgan fingerprint density at radius 2 is 2.04 bits per heavy atom. The summed E-state index contributed by atoms with van der Waals surface area (Å²) < 4.78 is 23.2. The molecule has 1 atom stereocenters. The van der Waals surface area contributed by atoms with E-state index in [9.17, 15) is 13.2 Å². The Bertz CT molecular complexity index is 913. The van der Waals surface area contributed by atoms with E-state index in [0.717, 1.165) is 0 Å². The molecule has 0 spiro atoms. The maximum absolute atomic E-state index is 12.6. The lowest BCUT2D eigenvalue weighted by Gasteiger charge is -2.35. The highest BCUT2D eigenvalue weighted by Gasteiger charge is 2.41. The van der Waals surface area contributed by atoms with Gasteiger partial charge in [-0.3, -0.25) is 4.79 Å². The molecule has 2 rings (SSSR count). The fourth-order valence-electron chi connectivity index (χ4n) is 2.91. The average Bonchev–Trinajstić information content (AvgIpc) is 2.56. The van der Waals surface area contributed by atoms with Crippen LogP contribution in [0.3, 0.4) is 0 Å². The highest BCUT2D eigenvalue weighted by molar-refractivity contribution is 7.92. The number of nitrogens with zero attached hydrogens (tertiary/aromatic N) is 6. The Morgan fingerprint density at radius 1 is 1.31 bits per heavy atom. The predicted octanol–water partition coefficient (Wildman–Crippen LogP) is 3.52. The van der Waals surface area contributed by atoms with Crippen LogP contribution in [0.4, 0.5) is 5.69 Å². The van der Waals surface area contributed by atoms with Crippen LogP contribution in [0, 0.1) is 0 Å². The van der Waals surface area contributed by atoms with Crippen LogP contribution in [0.5, 0.6) is 0 Å². The molecule has 1 aromatic rings. The van der Waals surface area contributed by atoms with Crippen molar-refractivity contribution in [1.29, 1.82) is 0 Å². The molecule has 1 N–H and O–H groups in total. The number of amides is 1. The van der Waals surface area contributed by atoms with Crippen molar-refractivity contribution in [2.24, 2.45) is 10.2 Å². The zero-order valence-corrected chi connectivity index (χ0v) is 15.3. The van der Waals surface area contributed by atoms with E-state index in [0.29, 0.717) is 18.4 Å². The first-order chi connectivity index (χ1) is 12.2. The molecular weight excluding hydrogens is 358 g/mol. The SMILES string of the molecule is CC1(C)CC(NC(=O)c2cc(CN=[N+]=[N-])cc(N=[N+]=[N-])c2)CCS1(=O)=O. The summed E-state index contributed by atoms with van der Waals surface area (Å²) >= 11 is 0. The van der Waals surface area contributed by atoms with Crippen LogP contribution in [-0.4, -0.2) is 30.9 Å². The number of carbonyl (C=O) groups excluding carboxylic acids is 1. The first-order valence-electron chi connectivity index (χ1n) is 7.91. The second-order valence-electron chi connectivity index (χ2n) is 6.71. The lowest BCUT2D eigenvalue weighted by atomic mass is 9.99. The number of hydrogen-bond donors (Lipinski definition) is 1. The molecule has 1 aromatic carbocycles. The van der Waals surface area contributed by atoms with Gasteiger partial charge in [0.05, 0.1) is 17.0 Å². The van der Waals surface area contributed by atoms with Crippen molar-refractivity contribution in [3.8, 4) is 0 Å². The number of carbonyl (C=O) groups is 1. The lowest BCUT2D eigenvalue weighted by Crippen LogP contribution is -2.49. The van der Waals surface area contributed by atoms with Gasteiger partial charge in [0.2, 0.25) is 0 Å². The van der Waals surface area contributed by atoms with Gasteiger partial charge >= 0.3 is 0 Å². The number of azide groups is 2. The topological polar surface area (TPSA) is 161 Å². The summed E-state index contributed by atoms with van der Waals surface area (Å²) in [5, 5.41) is 9.78. The van der Waals surface area contributed by atoms with Crippen molar-refractivity contribution in [2.75, 3.05) is 5.75 Å². The molecule has 0 saturated carbocycles. The molecule has 1 unspecified atom stereocenters. The highest BCUT2D eigenvalue weighted by Crippen LogP contribution is 2.30. The molecule has 26 heavy (non-hydrogen) atoms. The third-order valence-electron chi connectivity index (χ3n) is 4.37. The molecule has 1 heterocycles. The van der Waals surface area contributed by atoms with Gasteiger partial charge in [0.25, 0.3) is 5.91 Å². The number of hydrogen-bond acceptors (Lipinski definition) is 5. The van der Waals surface area contributed by atoms with E-state index in [-0.39, 0.29) is 29.6 Å². The lowest BCUT2D eigenvalue weighted by molar-refractivity contribution is 0.0930. The maximum Gasteiger partial charge on any atom is 0.251 e. The minimum atomic E-state index is -3.18. The van der Waals surface area contributed by atoms with Crippen molar-refractivity contribution in [1.82, 2.24) is 5.32 Å². The predicted molar refractivity (Wildman–Crippen MR) is 96.5 cm³/mol. The van der Waals surface area contributed by atoms with Gasteiger partial charge in [-0.05, 0) is 61.5 Å². The first-order valence-corrected chi connectivity index (χ1v) is 9.57. The summed E-state index contributed by atoms with van der Waals surface area (Å²) in [7, 11) is -3.18. The molecule has 1 amide bonds. The monoisotopic (exact) mass is 377 g/mol. The summed E-state index contributed by atoms with van der Waals surface area (Å²) in [5.41, 5.74) is 18.1. The van der Waals surface area contributed by atoms with E-state index >= 15 is 0 Å². The van der Waals surface area contributed by atoms with Gasteiger partial charge in [-0.15, -0.1) is 0 Å². The van der Waals surface area contributed by atoms with Gasteiger partial charge in [0.1, 0.15) is 0 Å². The molecule has 10 nitrogen and oxygen atoms in total. The molecule has 1 aliphatic heterocycles. The highest BCUT2D eigenvalue weighted by atomic mass is 32.2. The molecule has 0 radical (unpaired) electrons. The molecule has 1 saturated heterocycles. The first kappa shape index (κ1) is 19.6. The van der Waals surface area contributed by atoms with Crippen LogP contribution in [0.25, 0.3) is 20.9 Å². The second-order valence-corrected chi connectivity index (χ2v) is 9.45. The van der Waals surface area contributed by atoms with E-state index in [4.69, 9.17) is 11.1 Å². The van der Waals surface area contributed by atoms with E-state index in [1.54, 1.807) is 19.9 Å². The van der Waals surface area contributed by atoms with Crippen molar-refractivity contribution in [3.63, 3.8) is 0 Å². The van der Waals surface area contributed by atoms with Crippen LogP contribution < -0.4 is 5.32 Å². The third kappa shape index (κ3) is 4.45. The zero-order valence-electron chi connectivity index (χ0n) is 14.5. The number of nitrogens with one attached hydrogen (secondary N) is 1. The Morgan fingerprint density at radius 3 is 2.65 bits per heavy atom. The van der Waals surface area contributed by atoms with Crippen molar-refractivity contribution >= 4 is 21.4 Å². The molecule has 11 heteroatoms. The average molecular weight is 377 g/mol. The Hall–Kier alpha value is -2.74. The molecular formula is C15H19N7O3S. The Balaban J connectivity index is 2.22. The Kier molecular flexibility index (Phi) is 5.76. The second kappa shape index (κ2) is 7.65. The number of benzene rings is 1. The van der Waals surface area contributed by atoms with Crippen LogP contribution in [-0.2, 0) is 16.4 Å². The van der Waals surface area contributed by atoms with Crippen molar-refractivity contribution < 1.29 is 13.2 Å². The fourth-order valence-corrected chi connectivity index (χ4v) is 4.51. The van der Waals surface area contributed by atoms with Crippen molar-refractivity contribution in [3.05, 3.63) is 50.2 Å². The molecule has 0 aromatic heterocycles. The molecule has 0 bridgehead atoms. The summed E-state index contributed by atoms with van der Waals surface area (Å²) in [6.45, 7) is 3.32. The van der Waals surface area contributed by atoms with Gasteiger partial charge in [-0.2, -0.15) is 0 Å². The van der Waals surface area contributed by atoms with E-state index < -0.39 is 20.5 Å². The minimum absolute atomic E-state index is 0.0142. The summed E-state index contributed by atoms with van der Waals surface area (Å²) in [6.07, 6.45) is 0.668. The third-order valence-corrected chi connectivity index (χ3v) is 6.99. The summed E-state index contributed by atoms with van der Waals surface area (Å²) in [5.74, 6) is -0.381.